The maximum atomic E-state index is 11.0. The lowest BCUT2D eigenvalue weighted by Crippen LogP contribution is -2.39. The number of carbonyl (C=O) groups is 2. The van der Waals surface area contributed by atoms with E-state index in [-0.39, 0.29) is 0 Å². The number of hydrogen-bond donors (Lipinski definition) is 1. The van der Waals surface area contributed by atoms with Crippen molar-refractivity contribution in [2.24, 2.45) is 0 Å². The van der Waals surface area contributed by atoms with Gasteiger partial charge in [-0.2, -0.15) is 4.79 Å². The summed E-state index contributed by atoms with van der Waals surface area (Å²) in [5, 5.41) is 2.31. The van der Waals surface area contributed by atoms with Gasteiger partial charge < -0.3 is 15.6 Å². The van der Waals surface area contributed by atoms with Gasteiger partial charge in [0, 0.05) is 0 Å². The van der Waals surface area contributed by atoms with Crippen LogP contribution in [-0.2, 0) is 9.53 Å². The van der Waals surface area contributed by atoms with E-state index in [1.807, 2.05) is 6.92 Å². The second-order valence-electron chi connectivity index (χ2n) is 3.00. The predicted molar refractivity (Wildman–Crippen MR) is 53.5 cm³/mol. The Hall–Kier alpha value is -1.68. The maximum absolute atomic E-state index is 11.0. The van der Waals surface area contributed by atoms with Crippen molar-refractivity contribution in [1.29, 1.82) is 0 Å². The first kappa shape index (κ1) is 13.3. The zero-order valence-electron chi connectivity index (χ0n) is 8.90. The first-order valence-corrected chi connectivity index (χ1v) is 4.76. The first-order chi connectivity index (χ1) is 7.11. The highest BCUT2D eigenvalue weighted by Gasteiger charge is 2.17. The standard InChI is InChI=1S/C9H15N3O3/c1-3-4-5-15-9(14)12-7(2)8(13)6-11-10/h6-7H,3-5H2,1-2H3,(H,12,14). The van der Waals surface area contributed by atoms with E-state index in [9.17, 15) is 9.59 Å². The molecule has 0 heterocycles. The molecule has 0 aliphatic heterocycles. The number of ketones is 1. The molecular weight excluding hydrogens is 198 g/mol. The van der Waals surface area contributed by atoms with Gasteiger partial charge in [-0.3, -0.25) is 4.79 Å². The molecule has 0 aromatic carbocycles. The van der Waals surface area contributed by atoms with Gasteiger partial charge in [-0.15, -0.1) is 0 Å². The van der Waals surface area contributed by atoms with Crippen molar-refractivity contribution in [2.45, 2.75) is 32.7 Å². The predicted octanol–water partition coefficient (Wildman–Crippen LogP) is 0.771. The van der Waals surface area contributed by atoms with Crippen LogP contribution in [0.25, 0.3) is 5.53 Å². The average Bonchev–Trinajstić information content (AvgIpc) is 2.18. The fourth-order valence-electron chi connectivity index (χ4n) is 0.767. The number of alkyl carbamates (subject to hydrolysis) is 1. The third-order valence-corrected chi connectivity index (χ3v) is 1.68. The van der Waals surface area contributed by atoms with E-state index < -0.39 is 17.9 Å². The summed E-state index contributed by atoms with van der Waals surface area (Å²) in [5.41, 5.74) is 8.10. The molecule has 15 heavy (non-hydrogen) atoms. The number of unbranched alkanes of at least 4 members (excludes halogenated alkanes) is 1. The zero-order valence-corrected chi connectivity index (χ0v) is 8.90. The third kappa shape index (κ3) is 6.40. The highest BCUT2D eigenvalue weighted by atomic mass is 16.5. The highest BCUT2D eigenvalue weighted by Crippen LogP contribution is 1.90. The quantitative estimate of drug-likeness (QED) is 0.305. The molecule has 6 heteroatoms. The maximum Gasteiger partial charge on any atom is 0.407 e. The Bertz CT molecular complexity index is 272. The van der Waals surface area contributed by atoms with E-state index in [0.717, 1.165) is 19.1 Å². The number of carbonyl (C=O) groups excluding carboxylic acids is 2. The largest absolute Gasteiger partial charge is 0.450 e. The van der Waals surface area contributed by atoms with E-state index in [0.29, 0.717) is 6.61 Å². The van der Waals surface area contributed by atoms with Gasteiger partial charge in [0.05, 0.1) is 12.6 Å². The highest BCUT2D eigenvalue weighted by molar-refractivity contribution is 6.27. The fourth-order valence-corrected chi connectivity index (χ4v) is 0.767. The number of nitrogens with one attached hydrogen (secondary N) is 1. The van der Waals surface area contributed by atoms with Gasteiger partial charge >= 0.3 is 12.3 Å². The molecule has 0 radical (unpaired) electrons. The monoisotopic (exact) mass is 213 g/mol. The Kier molecular flexibility index (Phi) is 6.84. The normalized spacial score (nSPS) is 11.1. The van der Waals surface area contributed by atoms with Gasteiger partial charge in [0.2, 0.25) is 0 Å². The number of ether oxygens (including phenoxy) is 1. The Morgan fingerprint density at radius 3 is 2.80 bits per heavy atom. The molecule has 0 rings (SSSR count). The van der Waals surface area contributed by atoms with Crippen molar-refractivity contribution in [3.05, 3.63) is 5.53 Å². The van der Waals surface area contributed by atoms with Crippen LogP contribution in [0, 0.1) is 0 Å². The summed E-state index contributed by atoms with van der Waals surface area (Å²) >= 11 is 0. The molecule has 0 saturated carbocycles. The third-order valence-electron chi connectivity index (χ3n) is 1.68. The van der Waals surface area contributed by atoms with Crippen LogP contribution >= 0.6 is 0 Å². The van der Waals surface area contributed by atoms with Crippen LogP contribution in [0.5, 0.6) is 0 Å². The number of amides is 1. The Morgan fingerprint density at radius 2 is 2.27 bits per heavy atom. The van der Waals surface area contributed by atoms with Crippen molar-refractivity contribution in [2.75, 3.05) is 6.61 Å². The van der Waals surface area contributed by atoms with Crippen LogP contribution < -0.4 is 5.32 Å². The second kappa shape index (κ2) is 7.70. The summed E-state index contributed by atoms with van der Waals surface area (Å²) in [6.45, 7) is 3.79. The molecule has 0 aromatic heterocycles. The number of nitrogens with zero attached hydrogens (tertiary/aromatic N) is 2. The molecule has 0 aliphatic rings. The van der Waals surface area contributed by atoms with Crippen molar-refractivity contribution in [3.8, 4) is 0 Å². The summed E-state index contributed by atoms with van der Waals surface area (Å²) in [5.74, 6) is -0.495. The lowest BCUT2D eigenvalue weighted by molar-refractivity contribution is -0.117. The van der Waals surface area contributed by atoms with Crippen molar-refractivity contribution in [3.63, 3.8) is 0 Å². The molecule has 0 saturated heterocycles. The Labute approximate surface area is 88.2 Å². The Balaban J connectivity index is 3.85. The van der Waals surface area contributed by atoms with Gasteiger partial charge in [0.1, 0.15) is 0 Å². The van der Waals surface area contributed by atoms with E-state index in [4.69, 9.17) is 10.3 Å². The summed E-state index contributed by atoms with van der Waals surface area (Å²) < 4.78 is 4.77. The smallest absolute Gasteiger partial charge is 0.407 e. The van der Waals surface area contributed by atoms with Crippen LogP contribution in [0.15, 0.2) is 0 Å². The molecule has 1 atom stereocenters. The molecule has 1 amide bonds. The molecule has 1 unspecified atom stereocenters. The minimum Gasteiger partial charge on any atom is -0.450 e. The number of Topliss-reactive ketones (excluding diaryl/α,β-unsaturated/α-hetero) is 1. The molecule has 0 bridgehead atoms. The topological polar surface area (TPSA) is 91.8 Å². The molecular formula is C9H15N3O3. The zero-order chi connectivity index (χ0) is 11.7. The second-order valence-corrected chi connectivity index (χ2v) is 3.00. The molecule has 6 nitrogen and oxygen atoms in total. The lowest BCUT2D eigenvalue weighted by Gasteiger charge is -2.09. The minimum absolute atomic E-state index is 0.331. The van der Waals surface area contributed by atoms with Gasteiger partial charge in [0.15, 0.2) is 0 Å². The van der Waals surface area contributed by atoms with Crippen molar-refractivity contribution >= 4 is 18.1 Å². The summed E-state index contributed by atoms with van der Waals surface area (Å²) in [4.78, 5) is 24.6. The molecule has 0 aliphatic carbocycles. The minimum atomic E-state index is -0.755. The summed E-state index contributed by atoms with van der Waals surface area (Å²) in [7, 11) is 0. The van der Waals surface area contributed by atoms with E-state index in [2.05, 4.69) is 10.1 Å². The molecule has 1 N–H and O–H groups in total. The van der Waals surface area contributed by atoms with Crippen LogP contribution in [0.3, 0.4) is 0 Å². The molecule has 84 valence electrons. The Morgan fingerprint density at radius 1 is 1.60 bits per heavy atom. The van der Waals surface area contributed by atoms with Gasteiger partial charge in [-0.1, -0.05) is 13.3 Å². The van der Waals surface area contributed by atoms with E-state index in [1.54, 1.807) is 0 Å². The van der Waals surface area contributed by atoms with E-state index in [1.165, 1.54) is 6.92 Å². The van der Waals surface area contributed by atoms with Crippen LogP contribution in [0.2, 0.25) is 0 Å². The van der Waals surface area contributed by atoms with Gasteiger partial charge in [0.25, 0.3) is 5.78 Å². The molecule has 0 fully saturated rings. The van der Waals surface area contributed by atoms with Crippen LogP contribution in [0.1, 0.15) is 26.7 Å². The molecule has 0 spiro atoms. The van der Waals surface area contributed by atoms with Crippen molar-refractivity contribution in [1.82, 2.24) is 5.32 Å². The summed E-state index contributed by atoms with van der Waals surface area (Å²) in [6, 6.07) is -0.755. The molecule has 0 aromatic rings. The van der Waals surface area contributed by atoms with E-state index >= 15 is 0 Å². The first-order valence-electron chi connectivity index (χ1n) is 4.76. The van der Waals surface area contributed by atoms with Gasteiger partial charge in [-0.25, -0.2) is 4.79 Å². The number of rotatable bonds is 6. The SMILES string of the molecule is CCCCOC(=O)NC(C)C(=O)C=[N+]=[N-]. The number of hydrogen-bond acceptors (Lipinski definition) is 3. The van der Waals surface area contributed by atoms with Crippen molar-refractivity contribution < 1.29 is 19.1 Å². The fraction of sp³-hybridized carbons (Fsp3) is 0.667. The van der Waals surface area contributed by atoms with Crippen LogP contribution in [0.4, 0.5) is 4.79 Å². The van der Waals surface area contributed by atoms with Gasteiger partial charge in [-0.05, 0) is 13.3 Å². The summed E-state index contributed by atoms with van der Waals surface area (Å²) in [6.07, 6.45) is 1.81. The lowest BCUT2D eigenvalue weighted by atomic mass is 10.2. The van der Waals surface area contributed by atoms with Crippen LogP contribution in [-0.4, -0.2) is 35.5 Å². The average molecular weight is 213 g/mol.